The number of amides is 1. The quantitative estimate of drug-likeness (QED) is 0.427. The summed E-state index contributed by atoms with van der Waals surface area (Å²) in [4.78, 5) is 34.9. The van der Waals surface area contributed by atoms with Crippen molar-refractivity contribution in [2.45, 2.75) is 12.5 Å². The summed E-state index contributed by atoms with van der Waals surface area (Å²) in [5.41, 5.74) is 1.29. The van der Waals surface area contributed by atoms with Crippen LogP contribution in [0.5, 0.6) is 5.75 Å². The van der Waals surface area contributed by atoms with E-state index in [0.29, 0.717) is 17.7 Å². The third kappa shape index (κ3) is 5.46. The highest BCUT2D eigenvalue weighted by Crippen LogP contribution is 2.13. The number of hydrogen-bond acceptors (Lipinski definition) is 5. The molecule has 1 amide bonds. The minimum atomic E-state index is -0.866. The Morgan fingerprint density at radius 1 is 1.08 bits per heavy atom. The maximum atomic E-state index is 12.2. The summed E-state index contributed by atoms with van der Waals surface area (Å²) in [6.45, 7) is -0.373. The lowest BCUT2D eigenvalue weighted by atomic mass is 10.1. The van der Waals surface area contributed by atoms with Crippen LogP contribution in [0.25, 0.3) is 0 Å². The lowest BCUT2D eigenvalue weighted by Gasteiger charge is -2.15. The number of carbonyl (C=O) groups is 3. The van der Waals surface area contributed by atoms with Gasteiger partial charge in [0.2, 0.25) is 6.41 Å². The second kappa shape index (κ2) is 9.22. The van der Waals surface area contributed by atoms with E-state index in [1.807, 2.05) is 0 Å². The van der Waals surface area contributed by atoms with E-state index in [4.69, 9.17) is 9.47 Å². The highest BCUT2D eigenvalue weighted by Gasteiger charge is 2.21. The molecule has 2 aromatic rings. The number of ether oxygens (including phenoxy) is 2. The third-order valence-corrected chi connectivity index (χ3v) is 3.59. The fourth-order valence-electron chi connectivity index (χ4n) is 2.23. The van der Waals surface area contributed by atoms with Crippen LogP contribution in [0.2, 0.25) is 0 Å². The van der Waals surface area contributed by atoms with Gasteiger partial charge in [0, 0.05) is 12.0 Å². The Morgan fingerprint density at radius 3 is 2.36 bits per heavy atom. The molecule has 0 heterocycles. The van der Waals surface area contributed by atoms with Gasteiger partial charge in [-0.05, 0) is 17.7 Å². The molecule has 0 aliphatic heterocycles. The van der Waals surface area contributed by atoms with Gasteiger partial charge in [0.25, 0.3) is 0 Å². The number of esters is 1. The Hall–Kier alpha value is -3.15. The molecule has 1 atom stereocenters. The van der Waals surface area contributed by atoms with Crippen LogP contribution in [0, 0.1) is 0 Å². The van der Waals surface area contributed by atoms with Crippen molar-refractivity contribution in [2.75, 3.05) is 13.7 Å². The molecule has 0 fully saturated rings. The molecule has 0 aromatic heterocycles. The number of methoxy groups -OCH3 is 1. The van der Waals surface area contributed by atoms with Crippen molar-refractivity contribution in [2.24, 2.45) is 0 Å². The minimum Gasteiger partial charge on any atom is -0.497 e. The Labute approximate surface area is 145 Å². The number of hydrogen-bond donors (Lipinski definition) is 1. The Kier molecular flexibility index (Phi) is 6.71. The first kappa shape index (κ1) is 18.2. The Morgan fingerprint density at radius 2 is 1.76 bits per heavy atom. The zero-order valence-electron chi connectivity index (χ0n) is 13.8. The number of rotatable bonds is 9. The second-order valence-corrected chi connectivity index (χ2v) is 5.29. The molecule has 1 unspecified atom stereocenters. The topological polar surface area (TPSA) is 81.7 Å². The van der Waals surface area contributed by atoms with E-state index in [1.165, 1.54) is 0 Å². The number of Topliss-reactive ketones (excluding diaryl/α,β-unsaturated/α-hetero) is 1. The number of ketones is 1. The summed E-state index contributed by atoms with van der Waals surface area (Å²) in [5.74, 6) is -0.268. The zero-order chi connectivity index (χ0) is 18.1. The van der Waals surface area contributed by atoms with Crippen molar-refractivity contribution in [1.82, 2.24) is 5.32 Å². The summed E-state index contributed by atoms with van der Waals surface area (Å²) < 4.78 is 10.1. The van der Waals surface area contributed by atoms with Crippen LogP contribution in [0.1, 0.15) is 15.9 Å². The van der Waals surface area contributed by atoms with Gasteiger partial charge in [0.15, 0.2) is 12.4 Å². The molecule has 0 bridgehead atoms. The summed E-state index contributed by atoms with van der Waals surface area (Å²) in [6.07, 6.45) is 0.690. The monoisotopic (exact) mass is 341 g/mol. The number of benzene rings is 2. The molecule has 2 aromatic carbocycles. The average Bonchev–Trinajstić information content (AvgIpc) is 2.66. The van der Waals surface area contributed by atoms with Gasteiger partial charge in [-0.15, -0.1) is 0 Å². The zero-order valence-corrected chi connectivity index (χ0v) is 13.8. The van der Waals surface area contributed by atoms with Crippen molar-refractivity contribution in [3.8, 4) is 5.75 Å². The number of nitrogens with one attached hydrogen (secondary N) is 1. The van der Waals surface area contributed by atoms with Crippen LogP contribution >= 0.6 is 0 Å². The van der Waals surface area contributed by atoms with Gasteiger partial charge in [-0.1, -0.05) is 42.5 Å². The predicted octanol–water partition coefficient (Wildman–Crippen LogP) is 1.78. The first-order chi connectivity index (χ1) is 12.1. The molecule has 130 valence electrons. The molecule has 0 spiro atoms. The van der Waals surface area contributed by atoms with Crippen LogP contribution in [0.4, 0.5) is 0 Å². The molecule has 0 saturated heterocycles. The second-order valence-electron chi connectivity index (χ2n) is 5.29. The molecule has 2 rings (SSSR count). The summed E-state index contributed by atoms with van der Waals surface area (Å²) in [5, 5.41) is 2.43. The van der Waals surface area contributed by atoms with E-state index in [2.05, 4.69) is 5.32 Å². The van der Waals surface area contributed by atoms with Crippen LogP contribution in [-0.2, 0) is 20.7 Å². The van der Waals surface area contributed by atoms with Crippen LogP contribution in [0.3, 0.4) is 0 Å². The molecular weight excluding hydrogens is 322 g/mol. The molecule has 0 radical (unpaired) electrons. The number of carbonyl (C=O) groups excluding carboxylic acids is 3. The molecule has 25 heavy (non-hydrogen) atoms. The maximum Gasteiger partial charge on any atom is 0.329 e. The summed E-state index contributed by atoms with van der Waals surface area (Å²) in [7, 11) is 1.56. The first-order valence-electron chi connectivity index (χ1n) is 7.71. The van der Waals surface area contributed by atoms with Crippen molar-refractivity contribution >= 4 is 18.2 Å². The molecule has 6 nitrogen and oxygen atoms in total. The van der Waals surface area contributed by atoms with Crippen LogP contribution < -0.4 is 10.1 Å². The molecule has 1 N–H and O–H groups in total. The molecule has 0 aliphatic carbocycles. The highest BCUT2D eigenvalue weighted by molar-refractivity contribution is 5.98. The normalized spacial score (nSPS) is 11.2. The average molecular weight is 341 g/mol. The van der Waals surface area contributed by atoms with E-state index < -0.39 is 12.0 Å². The molecule has 6 heteroatoms. The highest BCUT2D eigenvalue weighted by atomic mass is 16.5. The van der Waals surface area contributed by atoms with Crippen molar-refractivity contribution < 1.29 is 23.9 Å². The third-order valence-electron chi connectivity index (χ3n) is 3.59. The Bertz CT molecular complexity index is 712. The predicted molar refractivity (Wildman–Crippen MR) is 91.4 cm³/mol. The van der Waals surface area contributed by atoms with Gasteiger partial charge >= 0.3 is 5.97 Å². The van der Waals surface area contributed by atoms with Gasteiger partial charge in [-0.3, -0.25) is 9.59 Å². The van der Waals surface area contributed by atoms with Crippen LogP contribution in [-0.4, -0.2) is 37.9 Å². The largest absolute Gasteiger partial charge is 0.497 e. The first-order valence-corrected chi connectivity index (χ1v) is 7.71. The van der Waals surface area contributed by atoms with E-state index in [9.17, 15) is 14.4 Å². The van der Waals surface area contributed by atoms with E-state index in [0.717, 1.165) is 5.56 Å². The van der Waals surface area contributed by atoms with Gasteiger partial charge < -0.3 is 14.8 Å². The van der Waals surface area contributed by atoms with Crippen molar-refractivity contribution in [1.29, 1.82) is 0 Å². The Balaban J connectivity index is 1.94. The van der Waals surface area contributed by atoms with Gasteiger partial charge in [-0.2, -0.15) is 0 Å². The minimum absolute atomic E-state index is 0.251. The smallest absolute Gasteiger partial charge is 0.329 e. The lowest BCUT2D eigenvalue weighted by Crippen LogP contribution is -2.39. The molecular formula is C19H19NO5. The maximum absolute atomic E-state index is 12.2. The SMILES string of the molecule is COc1ccc(CC(NC=O)C(=O)OCC(=O)c2ccccc2)cc1. The van der Waals surface area contributed by atoms with Gasteiger partial charge in [0.1, 0.15) is 11.8 Å². The lowest BCUT2D eigenvalue weighted by molar-refractivity contribution is -0.145. The van der Waals surface area contributed by atoms with Crippen LogP contribution in [0.15, 0.2) is 54.6 Å². The van der Waals surface area contributed by atoms with Gasteiger partial charge in [-0.25, -0.2) is 4.79 Å². The van der Waals surface area contributed by atoms with E-state index in [1.54, 1.807) is 61.7 Å². The fourth-order valence-corrected chi connectivity index (χ4v) is 2.23. The fraction of sp³-hybridized carbons (Fsp3) is 0.211. The summed E-state index contributed by atoms with van der Waals surface area (Å²) in [6, 6.07) is 14.8. The summed E-state index contributed by atoms with van der Waals surface area (Å²) >= 11 is 0. The van der Waals surface area contributed by atoms with E-state index in [-0.39, 0.29) is 18.8 Å². The standard InChI is InChI=1S/C19H19NO5/c1-24-16-9-7-14(8-10-16)11-17(20-13-21)19(23)25-12-18(22)15-5-3-2-4-6-15/h2-10,13,17H,11-12H2,1H3,(H,20,21). The molecule has 0 aliphatic rings. The van der Waals surface area contributed by atoms with Crippen molar-refractivity contribution in [3.63, 3.8) is 0 Å². The van der Waals surface area contributed by atoms with Gasteiger partial charge in [0.05, 0.1) is 7.11 Å². The van der Waals surface area contributed by atoms with Crippen molar-refractivity contribution in [3.05, 3.63) is 65.7 Å². The van der Waals surface area contributed by atoms with E-state index >= 15 is 0 Å². The molecule has 0 saturated carbocycles.